The minimum absolute atomic E-state index is 0.0837. The molecule has 2 aliphatic rings. The number of halogens is 3. The van der Waals surface area contributed by atoms with Crippen molar-refractivity contribution in [3.05, 3.63) is 57.0 Å². The number of aromatic nitrogens is 3. The molecule has 3 N–H and O–H groups in total. The number of benzene rings is 1. The minimum Gasteiger partial charge on any atom is -0.481 e. The molecule has 9 nitrogen and oxygen atoms in total. The lowest BCUT2D eigenvalue weighted by Gasteiger charge is -2.49. The smallest absolute Gasteiger partial charge is 0.416 e. The van der Waals surface area contributed by atoms with Crippen LogP contribution in [-0.4, -0.2) is 41.6 Å². The quantitative estimate of drug-likeness (QED) is 0.400. The summed E-state index contributed by atoms with van der Waals surface area (Å²) >= 11 is 0. The lowest BCUT2D eigenvalue weighted by atomic mass is 9.67. The molecule has 3 aromatic rings. The second kappa shape index (κ2) is 10.2. The summed E-state index contributed by atoms with van der Waals surface area (Å²) in [5.41, 5.74) is 5.99. The number of nitrogens with zero attached hydrogens (tertiary/aromatic N) is 3. The van der Waals surface area contributed by atoms with Gasteiger partial charge in [-0.1, -0.05) is 12.1 Å². The van der Waals surface area contributed by atoms with Gasteiger partial charge in [0.1, 0.15) is 5.82 Å². The van der Waals surface area contributed by atoms with E-state index in [0.29, 0.717) is 47.8 Å². The fourth-order valence-electron chi connectivity index (χ4n) is 6.62. The zero-order chi connectivity index (χ0) is 30.8. The van der Waals surface area contributed by atoms with Crippen LogP contribution >= 0.6 is 0 Å². The van der Waals surface area contributed by atoms with Gasteiger partial charge in [0.15, 0.2) is 15.5 Å². The van der Waals surface area contributed by atoms with Gasteiger partial charge in [0.25, 0.3) is 0 Å². The highest BCUT2D eigenvalue weighted by Crippen LogP contribution is 2.51. The zero-order valence-corrected chi connectivity index (χ0v) is 25.1. The minimum atomic E-state index is -4.50. The van der Waals surface area contributed by atoms with E-state index in [2.05, 4.69) is 10.3 Å². The molecule has 2 fully saturated rings. The first kappa shape index (κ1) is 30.3. The van der Waals surface area contributed by atoms with E-state index in [0.717, 1.165) is 6.07 Å². The maximum absolute atomic E-state index is 13.6. The van der Waals surface area contributed by atoms with Crippen LogP contribution in [0.3, 0.4) is 0 Å². The van der Waals surface area contributed by atoms with Gasteiger partial charge in [-0.15, -0.1) is 0 Å². The highest BCUT2D eigenvalue weighted by Gasteiger charge is 2.52. The number of methoxy groups -OCH3 is 1. The molecule has 0 radical (unpaired) electrons. The van der Waals surface area contributed by atoms with Gasteiger partial charge in [-0.25, -0.2) is 13.2 Å². The molecule has 1 atom stereocenters. The Hall–Kier alpha value is -3.19. The highest BCUT2D eigenvalue weighted by atomic mass is 32.2. The molecule has 1 spiro atoms. The van der Waals surface area contributed by atoms with E-state index in [-0.39, 0.29) is 40.2 Å². The molecule has 1 aromatic carbocycles. The lowest BCUT2D eigenvalue weighted by Crippen LogP contribution is -2.54. The molecule has 5 rings (SSSR count). The SMILES string of the molecule is COc1nc2c(cc1C1(N)CCC3(CC1)CS(=O)(=O)C3)c(N[C@H](C)c1cccc(C(F)(F)F)c1C)nc(=O)n2C(C)C. The van der Waals surface area contributed by atoms with E-state index in [1.165, 1.54) is 24.7 Å². The van der Waals surface area contributed by atoms with E-state index in [1.54, 1.807) is 19.1 Å². The average molecular weight is 608 g/mol. The first-order valence-electron chi connectivity index (χ1n) is 13.9. The summed E-state index contributed by atoms with van der Waals surface area (Å²) in [6, 6.07) is 4.88. The first-order valence-corrected chi connectivity index (χ1v) is 15.8. The van der Waals surface area contributed by atoms with Gasteiger partial charge in [-0.2, -0.15) is 23.1 Å². The van der Waals surface area contributed by atoms with E-state index >= 15 is 0 Å². The van der Waals surface area contributed by atoms with Crippen LogP contribution < -0.4 is 21.5 Å². The van der Waals surface area contributed by atoms with Gasteiger partial charge in [-0.05, 0) is 82.1 Å². The molecule has 0 bridgehead atoms. The van der Waals surface area contributed by atoms with Crippen LogP contribution in [0.4, 0.5) is 19.0 Å². The third-order valence-corrected chi connectivity index (χ3v) is 11.0. The monoisotopic (exact) mass is 607 g/mol. The van der Waals surface area contributed by atoms with Crippen LogP contribution in [0.5, 0.6) is 5.88 Å². The first-order chi connectivity index (χ1) is 19.5. The molecular formula is C29H36F3N5O4S. The van der Waals surface area contributed by atoms with Crippen LogP contribution in [0.25, 0.3) is 11.0 Å². The van der Waals surface area contributed by atoms with Crippen LogP contribution in [0, 0.1) is 12.3 Å². The van der Waals surface area contributed by atoms with Gasteiger partial charge in [0.05, 0.1) is 35.6 Å². The van der Waals surface area contributed by atoms with Crippen molar-refractivity contribution in [3.63, 3.8) is 0 Å². The molecule has 1 aliphatic heterocycles. The van der Waals surface area contributed by atoms with Crippen LogP contribution in [0.1, 0.15) is 80.8 Å². The second-order valence-electron chi connectivity index (χ2n) is 12.2. The average Bonchev–Trinajstić information content (AvgIpc) is 2.87. The second-order valence-corrected chi connectivity index (χ2v) is 14.3. The topological polar surface area (TPSA) is 129 Å². The van der Waals surface area contributed by atoms with Gasteiger partial charge in [0.2, 0.25) is 5.88 Å². The third-order valence-electron chi connectivity index (χ3n) is 8.87. The Balaban J connectivity index is 1.60. The van der Waals surface area contributed by atoms with Gasteiger partial charge in [0, 0.05) is 17.1 Å². The molecule has 2 aromatic heterocycles. The number of fused-ring (bicyclic) bond motifs is 1. The standard InChI is InChI=1S/C29H36F3N5O4S/c1-16(2)37-24-20(23(35-26(37)38)34-18(4)19-7-6-8-21(17(19)3)29(30,31)32)13-22(25(36-24)41-5)28(33)11-9-27(10-12-28)14-42(39,40)15-27/h6-8,13,16,18H,9-12,14-15,33H2,1-5H3,(H,34,35,38)/t18-/m1/s1. The number of sulfone groups is 1. The summed E-state index contributed by atoms with van der Waals surface area (Å²) in [6.07, 6.45) is -2.18. The highest BCUT2D eigenvalue weighted by molar-refractivity contribution is 7.92. The number of alkyl halides is 3. The van der Waals surface area contributed by atoms with Crippen molar-refractivity contribution >= 4 is 26.7 Å². The van der Waals surface area contributed by atoms with Crippen molar-refractivity contribution in [1.29, 1.82) is 0 Å². The maximum atomic E-state index is 13.6. The lowest BCUT2D eigenvalue weighted by molar-refractivity contribution is -0.138. The summed E-state index contributed by atoms with van der Waals surface area (Å²) in [6.45, 7) is 6.78. The Morgan fingerprint density at radius 2 is 1.74 bits per heavy atom. The van der Waals surface area contributed by atoms with Crippen LogP contribution in [0.15, 0.2) is 29.1 Å². The Morgan fingerprint density at radius 3 is 2.29 bits per heavy atom. The number of ether oxygens (including phenoxy) is 1. The van der Waals surface area contributed by atoms with Crippen molar-refractivity contribution < 1.29 is 26.3 Å². The van der Waals surface area contributed by atoms with E-state index in [4.69, 9.17) is 15.5 Å². The Kier molecular flexibility index (Phi) is 7.36. The fraction of sp³-hybridized carbons (Fsp3) is 0.552. The molecule has 1 aliphatic carbocycles. The van der Waals surface area contributed by atoms with Crippen LogP contribution in [0.2, 0.25) is 0 Å². The molecule has 1 saturated carbocycles. The molecule has 1 saturated heterocycles. The normalized spacial score (nSPS) is 20.0. The molecule has 3 heterocycles. The number of hydrogen-bond acceptors (Lipinski definition) is 8. The van der Waals surface area contributed by atoms with Gasteiger partial charge in [-0.3, -0.25) is 4.57 Å². The maximum Gasteiger partial charge on any atom is 0.416 e. The molecule has 0 amide bonds. The van der Waals surface area contributed by atoms with Gasteiger partial charge < -0.3 is 15.8 Å². The Bertz CT molecular complexity index is 1700. The summed E-state index contributed by atoms with van der Waals surface area (Å²) in [5, 5.41) is 3.65. The number of nitrogens with two attached hydrogens (primary N) is 1. The molecule has 42 heavy (non-hydrogen) atoms. The molecular weight excluding hydrogens is 571 g/mol. The van der Waals surface area contributed by atoms with Crippen LogP contribution in [-0.2, 0) is 21.6 Å². The summed E-state index contributed by atoms with van der Waals surface area (Å²) in [4.78, 5) is 22.2. The van der Waals surface area contributed by atoms with Crippen molar-refractivity contribution in [1.82, 2.24) is 14.5 Å². The number of pyridine rings is 1. The number of nitrogens with one attached hydrogen (secondary N) is 1. The molecule has 13 heteroatoms. The number of hydrogen-bond donors (Lipinski definition) is 2. The largest absolute Gasteiger partial charge is 0.481 e. The Morgan fingerprint density at radius 1 is 1.10 bits per heavy atom. The summed E-state index contributed by atoms with van der Waals surface area (Å²) < 4.78 is 71.7. The predicted molar refractivity (Wildman–Crippen MR) is 154 cm³/mol. The predicted octanol–water partition coefficient (Wildman–Crippen LogP) is 5.02. The summed E-state index contributed by atoms with van der Waals surface area (Å²) in [7, 11) is -1.52. The van der Waals surface area contributed by atoms with Crippen molar-refractivity contribution in [3.8, 4) is 5.88 Å². The zero-order valence-electron chi connectivity index (χ0n) is 24.3. The van der Waals surface area contributed by atoms with Crippen molar-refractivity contribution in [2.24, 2.45) is 11.1 Å². The molecule has 0 unspecified atom stereocenters. The van der Waals surface area contributed by atoms with Gasteiger partial charge >= 0.3 is 11.9 Å². The van der Waals surface area contributed by atoms with Crippen molar-refractivity contribution in [2.75, 3.05) is 23.9 Å². The third kappa shape index (κ3) is 5.25. The summed E-state index contributed by atoms with van der Waals surface area (Å²) in [5.74, 6) is 0.784. The van der Waals surface area contributed by atoms with Crippen molar-refractivity contribution in [2.45, 2.75) is 77.2 Å². The fourth-order valence-corrected chi connectivity index (χ4v) is 8.98. The van der Waals surface area contributed by atoms with E-state index in [9.17, 15) is 26.4 Å². The molecule has 228 valence electrons. The number of rotatable bonds is 6. The number of anilines is 1. The van der Waals surface area contributed by atoms with E-state index in [1.807, 2.05) is 13.8 Å². The Labute approximate surface area is 242 Å². The van der Waals surface area contributed by atoms with E-state index < -0.39 is 38.8 Å².